The van der Waals surface area contributed by atoms with Crippen LogP contribution in [0.4, 0.5) is 0 Å². The molecule has 118 valence electrons. The predicted molar refractivity (Wildman–Crippen MR) is 79.1 cm³/mol. The first-order chi connectivity index (χ1) is 9.99. The normalized spacial score (nSPS) is 11.0. The number of hydrogen-bond donors (Lipinski definition) is 2. The Morgan fingerprint density at radius 3 is 2.29 bits per heavy atom. The zero-order chi connectivity index (χ0) is 15.8. The van der Waals surface area contributed by atoms with Crippen molar-refractivity contribution < 1.29 is 24.5 Å². The van der Waals surface area contributed by atoms with Gasteiger partial charge in [-0.3, -0.25) is 4.90 Å². The van der Waals surface area contributed by atoms with Crippen LogP contribution in [-0.4, -0.2) is 61.6 Å². The van der Waals surface area contributed by atoms with Gasteiger partial charge in [0.25, 0.3) is 0 Å². The van der Waals surface area contributed by atoms with Gasteiger partial charge in [0.1, 0.15) is 11.3 Å². The minimum atomic E-state index is -1.21. The fourth-order valence-corrected chi connectivity index (χ4v) is 2.13. The number of aromatic hydroxyl groups is 1. The molecule has 0 spiro atoms. The van der Waals surface area contributed by atoms with Crippen LogP contribution in [0.25, 0.3) is 0 Å². The van der Waals surface area contributed by atoms with Gasteiger partial charge in [-0.25, -0.2) is 4.79 Å². The topological polar surface area (TPSA) is 79.2 Å². The summed E-state index contributed by atoms with van der Waals surface area (Å²) in [5.41, 5.74) is 0.267. The lowest BCUT2D eigenvalue weighted by Gasteiger charge is -2.22. The number of ether oxygens (including phenoxy) is 2. The van der Waals surface area contributed by atoms with Gasteiger partial charge in [0.05, 0.1) is 13.2 Å². The smallest absolute Gasteiger partial charge is 0.339 e. The van der Waals surface area contributed by atoms with E-state index in [0.29, 0.717) is 38.4 Å². The second kappa shape index (κ2) is 8.84. The molecule has 6 nitrogen and oxygen atoms in total. The summed E-state index contributed by atoms with van der Waals surface area (Å²) in [5, 5.41) is 19.4. The molecule has 0 amide bonds. The first-order valence-corrected chi connectivity index (χ1v) is 6.82. The summed E-state index contributed by atoms with van der Waals surface area (Å²) in [5.74, 6) is -1.47. The van der Waals surface area contributed by atoms with E-state index in [9.17, 15) is 9.90 Å². The minimum absolute atomic E-state index is 0.198. The number of carboxylic acid groups (broad SMARTS) is 1. The van der Waals surface area contributed by atoms with Crippen LogP contribution >= 0.6 is 11.6 Å². The highest BCUT2D eigenvalue weighted by Gasteiger charge is 2.17. The number of benzene rings is 1. The molecular weight excluding hydrogens is 298 g/mol. The summed E-state index contributed by atoms with van der Waals surface area (Å²) in [7, 11) is 3.21. The van der Waals surface area contributed by atoms with E-state index in [4.69, 9.17) is 26.2 Å². The number of carboxylic acids is 1. The van der Waals surface area contributed by atoms with Crippen molar-refractivity contribution >= 4 is 17.6 Å². The van der Waals surface area contributed by atoms with Gasteiger partial charge in [-0.15, -0.1) is 0 Å². The molecule has 21 heavy (non-hydrogen) atoms. The molecule has 0 aromatic heterocycles. The van der Waals surface area contributed by atoms with Gasteiger partial charge in [0.2, 0.25) is 0 Å². The van der Waals surface area contributed by atoms with Gasteiger partial charge >= 0.3 is 5.97 Å². The Bertz CT molecular complexity index is 473. The lowest BCUT2D eigenvalue weighted by atomic mass is 10.1. The molecule has 1 aromatic rings. The van der Waals surface area contributed by atoms with Crippen LogP contribution in [0.3, 0.4) is 0 Å². The predicted octanol–water partition coefficient (Wildman–Crippen LogP) is 1.84. The molecule has 0 saturated heterocycles. The highest BCUT2D eigenvalue weighted by Crippen LogP contribution is 2.28. The molecule has 0 aliphatic carbocycles. The summed E-state index contributed by atoms with van der Waals surface area (Å²) in [6.45, 7) is 2.68. The Morgan fingerprint density at radius 1 is 1.24 bits per heavy atom. The van der Waals surface area contributed by atoms with Crippen molar-refractivity contribution in [2.45, 2.75) is 6.54 Å². The second-order valence-corrected chi connectivity index (χ2v) is 4.96. The van der Waals surface area contributed by atoms with Crippen molar-refractivity contribution in [3.8, 4) is 5.75 Å². The van der Waals surface area contributed by atoms with Gasteiger partial charge in [-0.2, -0.15) is 0 Å². The van der Waals surface area contributed by atoms with E-state index in [2.05, 4.69) is 0 Å². The monoisotopic (exact) mass is 317 g/mol. The molecule has 2 N–H and O–H groups in total. The number of phenols is 1. The number of halogens is 1. The SMILES string of the molecule is COCCN(CCOC)Cc1cc(Cl)cc(C(=O)O)c1O. The van der Waals surface area contributed by atoms with E-state index < -0.39 is 5.97 Å². The standard InChI is InChI=1S/C14H20ClNO5/c1-20-5-3-16(4-6-21-2)9-10-7-11(15)8-12(13(10)17)14(18)19/h7-8,17H,3-6,9H2,1-2H3,(H,18,19). The molecule has 0 fully saturated rings. The third-order valence-electron chi connectivity index (χ3n) is 3.00. The van der Waals surface area contributed by atoms with Gasteiger partial charge in [0, 0.05) is 44.4 Å². The van der Waals surface area contributed by atoms with E-state index in [1.165, 1.54) is 6.07 Å². The quantitative estimate of drug-likeness (QED) is 0.723. The molecule has 0 aliphatic heterocycles. The summed E-state index contributed by atoms with van der Waals surface area (Å²) < 4.78 is 10.1. The maximum Gasteiger partial charge on any atom is 0.339 e. The zero-order valence-electron chi connectivity index (χ0n) is 12.1. The molecule has 0 heterocycles. The van der Waals surface area contributed by atoms with Gasteiger partial charge in [0.15, 0.2) is 0 Å². The average molecular weight is 318 g/mol. The van der Waals surface area contributed by atoms with E-state index in [1.54, 1.807) is 20.3 Å². The van der Waals surface area contributed by atoms with Gasteiger partial charge < -0.3 is 19.7 Å². The average Bonchev–Trinajstić information content (AvgIpc) is 2.44. The van der Waals surface area contributed by atoms with Crippen LogP contribution in [0, 0.1) is 0 Å². The molecule has 1 aromatic carbocycles. The largest absolute Gasteiger partial charge is 0.507 e. The van der Waals surface area contributed by atoms with Crippen LogP contribution < -0.4 is 0 Å². The fraction of sp³-hybridized carbons (Fsp3) is 0.500. The Balaban J connectivity index is 2.93. The summed E-state index contributed by atoms with van der Waals surface area (Å²) in [6, 6.07) is 2.80. The van der Waals surface area contributed by atoms with Crippen molar-refractivity contribution in [2.75, 3.05) is 40.5 Å². The minimum Gasteiger partial charge on any atom is -0.507 e. The number of carbonyl (C=O) groups is 1. The Hall–Kier alpha value is -1.34. The van der Waals surface area contributed by atoms with Gasteiger partial charge in [-0.05, 0) is 12.1 Å². The molecule has 0 unspecified atom stereocenters. The molecule has 0 radical (unpaired) electrons. The molecule has 0 aliphatic rings. The van der Waals surface area contributed by atoms with Crippen LogP contribution in [0.5, 0.6) is 5.75 Å². The van der Waals surface area contributed by atoms with Crippen LogP contribution in [-0.2, 0) is 16.0 Å². The third-order valence-corrected chi connectivity index (χ3v) is 3.22. The molecular formula is C14H20ClNO5. The lowest BCUT2D eigenvalue weighted by Crippen LogP contribution is -2.30. The number of hydrogen-bond acceptors (Lipinski definition) is 5. The number of methoxy groups -OCH3 is 2. The van der Waals surface area contributed by atoms with Crippen molar-refractivity contribution in [2.24, 2.45) is 0 Å². The zero-order valence-corrected chi connectivity index (χ0v) is 12.9. The lowest BCUT2D eigenvalue weighted by molar-refractivity contribution is 0.0693. The van der Waals surface area contributed by atoms with E-state index in [0.717, 1.165) is 0 Å². The Morgan fingerprint density at radius 2 is 1.81 bits per heavy atom. The van der Waals surface area contributed by atoms with Crippen molar-refractivity contribution in [1.29, 1.82) is 0 Å². The van der Waals surface area contributed by atoms with Crippen molar-refractivity contribution in [3.63, 3.8) is 0 Å². The van der Waals surface area contributed by atoms with E-state index in [-0.39, 0.29) is 16.3 Å². The Kier molecular flexibility index (Phi) is 7.45. The molecule has 7 heteroatoms. The second-order valence-electron chi connectivity index (χ2n) is 4.53. The molecule has 1 rings (SSSR count). The number of aromatic carboxylic acids is 1. The fourth-order valence-electron chi connectivity index (χ4n) is 1.89. The van der Waals surface area contributed by atoms with Crippen LogP contribution in [0.2, 0.25) is 5.02 Å². The highest BCUT2D eigenvalue weighted by atomic mass is 35.5. The van der Waals surface area contributed by atoms with Crippen molar-refractivity contribution in [3.05, 3.63) is 28.3 Å². The molecule has 0 saturated carbocycles. The van der Waals surface area contributed by atoms with Gasteiger partial charge in [-0.1, -0.05) is 11.6 Å². The molecule has 0 bridgehead atoms. The van der Waals surface area contributed by atoms with Crippen molar-refractivity contribution in [1.82, 2.24) is 4.90 Å². The van der Waals surface area contributed by atoms with Crippen LogP contribution in [0.1, 0.15) is 15.9 Å². The number of rotatable bonds is 9. The molecule has 0 atom stereocenters. The first-order valence-electron chi connectivity index (χ1n) is 6.44. The number of nitrogens with zero attached hydrogens (tertiary/aromatic N) is 1. The maximum atomic E-state index is 11.1. The summed E-state index contributed by atoms with van der Waals surface area (Å²) >= 11 is 5.92. The van der Waals surface area contributed by atoms with E-state index >= 15 is 0 Å². The summed E-state index contributed by atoms with van der Waals surface area (Å²) in [4.78, 5) is 13.1. The van der Waals surface area contributed by atoms with Crippen LogP contribution in [0.15, 0.2) is 12.1 Å². The van der Waals surface area contributed by atoms with E-state index in [1.807, 2.05) is 4.90 Å². The summed E-state index contributed by atoms with van der Waals surface area (Å²) in [6.07, 6.45) is 0. The highest BCUT2D eigenvalue weighted by molar-refractivity contribution is 6.31. The maximum absolute atomic E-state index is 11.1. The third kappa shape index (κ3) is 5.51. The first kappa shape index (κ1) is 17.7. The Labute approximate surface area is 128 Å².